The van der Waals surface area contributed by atoms with Gasteiger partial charge >= 0.3 is 0 Å². The fourth-order valence-electron chi connectivity index (χ4n) is 3.28. The van der Waals surface area contributed by atoms with Crippen molar-refractivity contribution in [1.82, 2.24) is 21.6 Å². The zero-order chi connectivity index (χ0) is 28.8. The van der Waals surface area contributed by atoms with E-state index in [1.54, 1.807) is 6.07 Å². The van der Waals surface area contributed by atoms with Gasteiger partial charge in [-0.2, -0.15) is 0 Å². The predicted molar refractivity (Wildman–Crippen MR) is 146 cm³/mol. The summed E-state index contributed by atoms with van der Waals surface area (Å²) < 4.78 is 0. The third-order valence-electron chi connectivity index (χ3n) is 5.30. The fourth-order valence-corrected chi connectivity index (χ4v) is 3.28. The Morgan fingerprint density at radius 1 is 0.632 bits per heavy atom. The van der Waals surface area contributed by atoms with E-state index in [1.165, 1.54) is 18.2 Å². The number of nitrogens with one attached hydrogen (secondary N) is 4. The fraction of sp³-hybridized carbons (Fsp3) is 0.643. The summed E-state index contributed by atoms with van der Waals surface area (Å²) in [5.41, 5.74) is 4.99. The molecule has 0 aliphatic heterocycles. The minimum atomic E-state index is -0.850. The molecule has 38 heavy (non-hydrogen) atoms. The Balaban J connectivity index is 2.81. The maximum Gasteiger partial charge on any atom is 0.274 e. The zero-order valence-electron chi connectivity index (χ0n) is 24.1. The summed E-state index contributed by atoms with van der Waals surface area (Å²) in [6.07, 6.45) is -0.854. The van der Waals surface area contributed by atoms with Crippen molar-refractivity contribution in [2.24, 2.45) is 23.7 Å². The van der Waals surface area contributed by atoms with Crippen molar-refractivity contribution in [3.8, 4) is 0 Å². The van der Waals surface area contributed by atoms with E-state index in [0.29, 0.717) is 25.9 Å². The topological polar surface area (TPSA) is 135 Å². The van der Waals surface area contributed by atoms with E-state index < -0.39 is 24.0 Å². The smallest absolute Gasteiger partial charge is 0.274 e. The summed E-state index contributed by atoms with van der Waals surface area (Å²) in [7, 11) is 0. The van der Waals surface area contributed by atoms with Gasteiger partial charge in [0.25, 0.3) is 23.6 Å². The van der Waals surface area contributed by atoms with Crippen LogP contribution >= 0.6 is 0 Å². The second kappa shape index (κ2) is 16.8. The molecule has 0 aliphatic rings. The molecule has 0 bridgehead atoms. The van der Waals surface area contributed by atoms with Gasteiger partial charge in [0, 0.05) is 24.2 Å². The van der Waals surface area contributed by atoms with Crippen LogP contribution in [-0.4, -0.2) is 48.9 Å². The van der Waals surface area contributed by atoms with Gasteiger partial charge in [-0.1, -0.05) is 61.5 Å². The average molecular weight is 535 g/mol. The van der Waals surface area contributed by atoms with Crippen molar-refractivity contribution in [3.05, 3.63) is 35.4 Å². The maximum absolute atomic E-state index is 12.7. The Hall–Kier alpha value is -2.98. The van der Waals surface area contributed by atoms with E-state index in [2.05, 4.69) is 21.6 Å². The normalized spacial score (nSPS) is 12.9. The first-order valence-corrected chi connectivity index (χ1v) is 13.4. The van der Waals surface area contributed by atoms with Crippen molar-refractivity contribution in [1.29, 1.82) is 0 Å². The predicted octanol–water partition coefficient (Wildman–Crippen LogP) is 3.38. The van der Waals surface area contributed by atoms with Gasteiger partial charge in [0.2, 0.25) is 0 Å². The molecule has 214 valence electrons. The first kappa shape index (κ1) is 33.0. The maximum atomic E-state index is 12.7. The van der Waals surface area contributed by atoms with Crippen LogP contribution in [0.1, 0.15) is 88.9 Å². The summed E-state index contributed by atoms with van der Waals surface area (Å²) in [6, 6.07) is 5.97. The van der Waals surface area contributed by atoms with Crippen molar-refractivity contribution < 1.29 is 28.9 Å². The van der Waals surface area contributed by atoms with E-state index in [4.69, 9.17) is 9.68 Å². The molecule has 0 heterocycles. The summed E-state index contributed by atoms with van der Waals surface area (Å²) in [4.78, 5) is 61.4. The second-order valence-corrected chi connectivity index (χ2v) is 11.2. The molecule has 4 amide bonds. The van der Waals surface area contributed by atoms with Crippen molar-refractivity contribution in [3.63, 3.8) is 0 Å². The average Bonchev–Trinajstić information content (AvgIpc) is 2.85. The number of hydrogen-bond donors (Lipinski definition) is 4. The number of rotatable bonds is 16. The van der Waals surface area contributed by atoms with E-state index in [9.17, 15) is 19.2 Å². The molecule has 0 saturated heterocycles. The molecule has 0 radical (unpaired) electrons. The lowest BCUT2D eigenvalue weighted by atomic mass is 10.1. The molecule has 1 aromatic rings. The number of benzene rings is 1. The lowest BCUT2D eigenvalue weighted by molar-refractivity contribution is -0.138. The lowest BCUT2D eigenvalue weighted by Crippen LogP contribution is -2.43. The van der Waals surface area contributed by atoms with Crippen LogP contribution in [0.3, 0.4) is 0 Å². The van der Waals surface area contributed by atoms with Crippen LogP contribution in [0, 0.1) is 23.7 Å². The first-order valence-electron chi connectivity index (χ1n) is 13.4. The molecule has 10 nitrogen and oxygen atoms in total. The van der Waals surface area contributed by atoms with Gasteiger partial charge in [0.15, 0.2) is 12.2 Å². The van der Waals surface area contributed by atoms with Crippen LogP contribution in [0.4, 0.5) is 0 Å². The minimum absolute atomic E-state index is 0.164. The van der Waals surface area contributed by atoms with Gasteiger partial charge in [0.05, 0.1) is 0 Å². The van der Waals surface area contributed by atoms with E-state index >= 15 is 0 Å². The van der Waals surface area contributed by atoms with Gasteiger partial charge in [-0.05, 0) is 54.7 Å². The van der Waals surface area contributed by atoms with Crippen LogP contribution in [0.25, 0.3) is 0 Å². The Morgan fingerprint density at radius 3 is 1.32 bits per heavy atom. The third kappa shape index (κ3) is 13.0. The highest BCUT2D eigenvalue weighted by atomic mass is 16.7. The Bertz CT molecular complexity index is 847. The van der Waals surface area contributed by atoms with Gasteiger partial charge < -0.3 is 10.6 Å². The molecule has 10 heteroatoms. The van der Waals surface area contributed by atoms with E-state index in [1.807, 2.05) is 55.4 Å². The Morgan fingerprint density at radius 2 is 1.00 bits per heavy atom. The molecule has 1 rings (SSSR count). The quantitative estimate of drug-likeness (QED) is 0.240. The first-order chi connectivity index (χ1) is 17.8. The summed E-state index contributed by atoms with van der Waals surface area (Å²) in [5.74, 6) is -0.907. The van der Waals surface area contributed by atoms with Crippen LogP contribution < -0.4 is 21.6 Å². The van der Waals surface area contributed by atoms with Crippen LogP contribution in [0.5, 0.6) is 0 Å². The van der Waals surface area contributed by atoms with Crippen molar-refractivity contribution in [2.45, 2.75) is 80.4 Å². The summed E-state index contributed by atoms with van der Waals surface area (Å²) >= 11 is 0. The zero-order valence-corrected chi connectivity index (χ0v) is 24.1. The van der Waals surface area contributed by atoms with Crippen molar-refractivity contribution in [2.75, 3.05) is 13.1 Å². The minimum Gasteiger partial charge on any atom is -0.354 e. The number of amides is 4. The highest BCUT2D eigenvalue weighted by Crippen LogP contribution is 2.11. The molecule has 0 aliphatic carbocycles. The van der Waals surface area contributed by atoms with E-state index in [-0.39, 0.29) is 46.6 Å². The second-order valence-electron chi connectivity index (χ2n) is 11.2. The molecule has 0 aromatic heterocycles. The number of hydrogen-bond acceptors (Lipinski definition) is 6. The van der Waals surface area contributed by atoms with Crippen molar-refractivity contribution >= 4 is 23.6 Å². The van der Waals surface area contributed by atoms with Gasteiger partial charge in [-0.15, -0.1) is 0 Å². The van der Waals surface area contributed by atoms with Gasteiger partial charge in [-0.25, -0.2) is 11.0 Å². The summed E-state index contributed by atoms with van der Waals surface area (Å²) in [5, 5.41) is 5.64. The molecule has 2 atom stereocenters. The highest BCUT2D eigenvalue weighted by molar-refractivity contribution is 5.99. The molecule has 0 fully saturated rings. The Kier molecular flexibility index (Phi) is 14.6. The van der Waals surface area contributed by atoms with Gasteiger partial charge in [-0.3, -0.25) is 28.9 Å². The molecule has 4 N–H and O–H groups in total. The number of carbonyl (C=O) groups excluding carboxylic acids is 4. The monoisotopic (exact) mass is 534 g/mol. The number of hydroxylamine groups is 2. The molecule has 1 aromatic carbocycles. The molecular formula is C28H46N4O6. The molecule has 1 unspecified atom stereocenters. The largest absolute Gasteiger partial charge is 0.354 e. The van der Waals surface area contributed by atoms with E-state index in [0.717, 1.165) is 0 Å². The standard InChI is InChI=1S/C28H46N4O6/c1-17(2)12-23(27(35)29-15-19(5)6)37-31-25(33)21-10-9-11-22(14-21)26(34)32-38-24(13-18(3)4)28(36)30-16-20(7)8/h9-11,14,17-20,23-24H,12-13,15-16H2,1-8H3,(H,29,35)(H,30,36)(H,31,33)(H,32,34)/t23-,24?/m1/s1. The van der Waals surface area contributed by atoms with Crippen LogP contribution in [-0.2, 0) is 19.3 Å². The lowest BCUT2D eigenvalue weighted by Gasteiger charge is -2.20. The third-order valence-corrected chi connectivity index (χ3v) is 5.30. The Labute approximate surface area is 226 Å². The summed E-state index contributed by atoms with van der Waals surface area (Å²) in [6.45, 7) is 16.8. The van der Waals surface area contributed by atoms with Crippen LogP contribution in [0.2, 0.25) is 0 Å². The SMILES string of the molecule is CC(C)CNC(=O)C(CC(C)C)ONC(=O)c1cccc(C(=O)NO[C@H](CC(C)C)C(=O)NCC(C)C)c1. The molecule has 0 saturated carbocycles. The molecule has 0 spiro atoms. The number of carbonyl (C=O) groups is 4. The van der Waals surface area contributed by atoms with Gasteiger partial charge in [0.1, 0.15) is 0 Å². The highest BCUT2D eigenvalue weighted by Gasteiger charge is 2.24. The molecular weight excluding hydrogens is 488 g/mol. The van der Waals surface area contributed by atoms with Crippen LogP contribution in [0.15, 0.2) is 24.3 Å².